The van der Waals surface area contributed by atoms with Crippen molar-refractivity contribution in [3.63, 3.8) is 0 Å². The van der Waals surface area contributed by atoms with E-state index in [0.717, 1.165) is 0 Å². The highest BCUT2D eigenvalue weighted by molar-refractivity contribution is 9.10. The van der Waals surface area contributed by atoms with Crippen molar-refractivity contribution in [1.82, 2.24) is 4.72 Å². The van der Waals surface area contributed by atoms with Crippen molar-refractivity contribution in [3.8, 4) is 0 Å². The largest absolute Gasteiger partial charge is 0.462 e. The van der Waals surface area contributed by atoms with Gasteiger partial charge in [-0.15, -0.1) is 0 Å². The van der Waals surface area contributed by atoms with Gasteiger partial charge in [0.05, 0.1) is 17.1 Å². The molecule has 0 radical (unpaired) electrons. The lowest BCUT2D eigenvalue weighted by Gasteiger charge is -2.11. The van der Waals surface area contributed by atoms with Crippen LogP contribution in [0.1, 0.15) is 31.1 Å². The van der Waals surface area contributed by atoms with Gasteiger partial charge in [0, 0.05) is 11.0 Å². The minimum Gasteiger partial charge on any atom is -0.462 e. The van der Waals surface area contributed by atoms with Gasteiger partial charge >= 0.3 is 5.97 Å². The summed E-state index contributed by atoms with van der Waals surface area (Å²) in [5, 5.41) is 0. The highest BCUT2D eigenvalue weighted by Gasteiger charge is 2.19. The molecule has 112 valence electrons. The van der Waals surface area contributed by atoms with Gasteiger partial charge in [-0.25, -0.2) is 17.9 Å². The molecule has 1 aromatic carbocycles. The first-order chi connectivity index (χ1) is 9.27. The predicted octanol–water partition coefficient (Wildman–Crippen LogP) is 2.56. The van der Waals surface area contributed by atoms with Crippen LogP contribution in [0.4, 0.5) is 0 Å². The molecule has 0 aliphatic rings. The van der Waals surface area contributed by atoms with Crippen LogP contribution in [0.5, 0.6) is 0 Å². The van der Waals surface area contributed by atoms with E-state index in [0.29, 0.717) is 16.6 Å². The molecule has 0 atom stereocenters. The van der Waals surface area contributed by atoms with E-state index in [2.05, 4.69) is 20.7 Å². The van der Waals surface area contributed by atoms with Crippen LogP contribution >= 0.6 is 15.9 Å². The Morgan fingerprint density at radius 1 is 1.40 bits per heavy atom. The van der Waals surface area contributed by atoms with Gasteiger partial charge in [0.25, 0.3) is 0 Å². The highest BCUT2D eigenvalue weighted by Crippen LogP contribution is 2.23. The molecule has 1 aromatic rings. The average Bonchev–Trinajstić information content (AvgIpc) is 2.36. The summed E-state index contributed by atoms with van der Waals surface area (Å²) >= 11 is 3.18. The van der Waals surface area contributed by atoms with Crippen molar-refractivity contribution in [2.45, 2.75) is 25.7 Å². The highest BCUT2D eigenvalue weighted by atomic mass is 79.9. The zero-order valence-corrected chi connectivity index (χ0v) is 14.0. The lowest BCUT2D eigenvalue weighted by molar-refractivity contribution is 0.0526. The first kappa shape index (κ1) is 17.1. The third-order valence-corrected chi connectivity index (χ3v) is 4.81. The molecule has 0 bridgehead atoms. The Morgan fingerprint density at radius 3 is 2.55 bits per heavy atom. The van der Waals surface area contributed by atoms with Crippen molar-refractivity contribution in [1.29, 1.82) is 0 Å². The summed E-state index contributed by atoms with van der Waals surface area (Å²) in [4.78, 5) is 11.7. The fourth-order valence-corrected chi connectivity index (χ4v) is 3.70. The predicted molar refractivity (Wildman–Crippen MR) is 80.1 cm³/mol. The molecule has 0 aliphatic carbocycles. The van der Waals surface area contributed by atoms with Gasteiger partial charge in [-0.2, -0.15) is 0 Å². The summed E-state index contributed by atoms with van der Waals surface area (Å²) in [5.74, 6) is -0.269. The summed E-state index contributed by atoms with van der Waals surface area (Å²) in [7, 11) is -3.59. The van der Waals surface area contributed by atoms with Crippen LogP contribution in [0.3, 0.4) is 0 Å². The topological polar surface area (TPSA) is 72.5 Å². The van der Waals surface area contributed by atoms with Crippen LogP contribution in [0.2, 0.25) is 0 Å². The van der Waals surface area contributed by atoms with Crippen LogP contribution in [-0.4, -0.2) is 27.5 Å². The molecule has 20 heavy (non-hydrogen) atoms. The normalized spacial score (nSPS) is 11.7. The van der Waals surface area contributed by atoms with E-state index in [9.17, 15) is 13.2 Å². The lowest BCUT2D eigenvalue weighted by atomic mass is 10.2. The quantitative estimate of drug-likeness (QED) is 0.788. The fourth-order valence-electron chi connectivity index (χ4n) is 1.41. The molecule has 1 N–H and O–H groups in total. The molecule has 0 spiro atoms. The number of ether oxygens (including phenoxy) is 1. The van der Waals surface area contributed by atoms with Crippen LogP contribution in [0, 0.1) is 5.92 Å². The number of hydrogen-bond donors (Lipinski definition) is 1. The second-order valence-corrected chi connectivity index (χ2v) is 7.20. The monoisotopic (exact) mass is 363 g/mol. The molecule has 0 amide bonds. The second kappa shape index (κ2) is 7.19. The van der Waals surface area contributed by atoms with E-state index >= 15 is 0 Å². The zero-order chi connectivity index (χ0) is 15.3. The number of hydrogen-bond acceptors (Lipinski definition) is 4. The van der Waals surface area contributed by atoms with Crippen molar-refractivity contribution >= 4 is 31.9 Å². The van der Waals surface area contributed by atoms with Crippen molar-refractivity contribution in [2.75, 3.05) is 13.2 Å². The number of carbonyl (C=O) groups is 1. The Balaban J connectivity index is 3.01. The number of halogens is 1. The summed E-state index contributed by atoms with van der Waals surface area (Å²) < 4.78 is 31.9. The summed E-state index contributed by atoms with van der Waals surface area (Å²) in [6, 6.07) is 4.27. The number of nitrogens with one attached hydrogen (secondary N) is 1. The number of carbonyl (C=O) groups excluding carboxylic acids is 1. The van der Waals surface area contributed by atoms with Crippen molar-refractivity contribution in [3.05, 3.63) is 28.2 Å². The zero-order valence-electron chi connectivity index (χ0n) is 11.6. The molecule has 0 saturated carbocycles. The van der Waals surface area contributed by atoms with Gasteiger partial charge < -0.3 is 4.74 Å². The first-order valence-electron chi connectivity index (χ1n) is 6.24. The van der Waals surface area contributed by atoms with E-state index in [1.807, 2.05) is 13.8 Å². The van der Waals surface area contributed by atoms with Crippen LogP contribution in [0.25, 0.3) is 0 Å². The van der Waals surface area contributed by atoms with Gasteiger partial charge in [-0.1, -0.05) is 13.8 Å². The Hall–Kier alpha value is -0.920. The van der Waals surface area contributed by atoms with Crippen LogP contribution in [0.15, 0.2) is 27.6 Å². The van der Waals surface area contributed by atoms with E-state index in [1.54, 1.807) is 6.92 Å². The number of sulfonamides is 1. The summed E-state index contributed by atoms with van der Waals surface area (Å²) in [5.41, 5.74) is 0.307. The van der Waals surface area contributed by atoms with Crippen LogP contribution < -0.4 is 4.72 Å². The molecule has 0 fully saturated rings. The Kier molecular flexibility index (Phi) is 6.16. The number of esters is 1. The summed E-state index contributed by atoms with van der Waals surface area (Å²) in [6.07, 6.45) is 0. The molecule has 0 aromatic heterocycles. The lowest BCUT2D eigenvalue weighted by Crippen LogP contribution is -2.27. The maximum absolute atomic E-state index is 12.1. The molecular formula is C13H18BrNO4S. The third-order valence-electron chi connectivity index (χ3n) is 2.41. The van der Waals surface area contributed by atoms with Crippen LogP contribution in [-0.2, 0) is 14.8 Å². The number of rotatable bonds is 6. The standard InChI is InChI=1S/C13H18BrNO4S/c1-4-19-13(16)10-5-6-12(11(14)7-10)20(17,18)15-8-9(2)3/h5-7,9,15H,4,8H2,1-3H3. The van der Waals surface area contributed by atoms with Gasteiger partial charge in [0.2, 0.25) is 10.0 Å². The molecule has 0 saturated heterocycles. The van der Waals surface area contributed by atoms with Gasteiger partial charge in [0.15, 0.2) is 0 Å². The smallest absolute Gasteiger partial charge is 0.338 e. The molecule has 5 nitrogen and oxygen atoms in total. The minimum absolute atomic E-state index is 0.103. The summed E-state index contributed by atoms with van der Waals surface area (Å²) in [6.45, 7) is 6.17. The Bertz CT molecular complexity index is 584. The Labute approximate surface area is 127 Å². The van der Waals surface area contributed by atoms with E-state index in [1.165, 1.54) is 18.2 Å². The maximum atomic E-state index is 12.1. The second-order valence-electron chi connectivity index (χ2n) is 4.61. The SMILES string of the molecule is CCOC(=O)c1ccc(S(=O)(=O)NCC(C)C)c(Br)c1. The molecule has 0 aliphatic heterocycles. The first-order valence-corrected chi connectivity index (χ1v) is 8.52. The Morgan fingerprint density at radius 2 is 2.05 bits per heavy atom. The van der Waals surface area contributed by atoms with Gasteiger partial charge in [-0.05, 0) is 47.0 Å². The molecule has 0 heterocycles. The van der Waals surface area contributed by atoms with E-state index in [4.69, 9.17) is 4.74 Å². The van der Waals surface area contributed by atoms with Gasteiger partial charge in [0.1, 0.15) is 0 Å². The molecule has 1 rings (SSSR count). The third kappa shape index (κ3) is 4.57. The maximum Gasteiger partial charge on any atom is 0.338 e. The van der Waals surface area contributed by atoms with Crippen molar-refractivity contribution < 1.29 is 17.9 Å². The molecule has 0 unspecified atom stereocenters. The fraction of sp³-hybridized carbons (Fsp3) is 0.462. The molecule has 7 heteroatoms. The molecular weight excluding hydrogens is 346 g/mol. The van der Waals surface area contributed by atoms with E-state index in [-0.39, 0.29) is 17.4 Å². The minimum atomic E-state index is -3.59. The van der Waals surface area contributed by atoms with Crippen molar-refractivity contribution in [2.24, 2.45) is 5.92 Å². The van der Waals surface area contributed by atoms with Gasteiger partial charge in [-0.3, -0.25) is 0 Å². The average molecular weight is 364 g/mol. The number of benzene rings is 1. The van der Waals surface area contributed by atoms with E-state index < -0.39 is 16.0 Å².